The Bertz CT molecular complexity index is 218. The molecule has 0 heterocycles. The zero-order valence-corrected chi connectivity index (χ0v) is 8.38. The number of nitrogens with one attached hydrogen (secondary N) is 2. The zero-order chi connectivity index (χ0) is 10.2. The third-order valence-electron chi connectivity index (χ3n) is 2.44. The van der Waals surface area contributed by atoms with Gasteiger partial charge in [-0.05, 0) is 32.1 Å². The van der Waals surface area contributed by atoms with Gasteiger partial charge in [-0.2, -0.15) is 5.26 Å². The fraction of sp³-hybridized carbons (Fsp3) is 0.800. The number of unbranched alkanes of at least 4 members (excludes halogenated alkanes) is 2. The molecule has 1 aliphatic rings. The smallest absolute Gasteiger partial charge is 0.315 e. The van der Waals surface area contributed by atoms with E-state index in [1.165, 1.54) is 6.42 Å². The van der Waals surface area contributed by atoms with E-state index in [1.54, 1.807) is 0 Å². The minimum atomic E-state index is -0.0633. The largest absolute Gasteiger partial charge is 0.338 e. The fourth-order valence-corrected chi connectivity index (χ4v) is 1.32. The molecule has 1 fully saturated rings. The summed E-state index contributed by atoms with van der Waals surface area (Å²) in [7, 11) is 0. The predicted molar refractivity (Wildman–Crippen MR) is 53.6 cm³/mol. The number of nitrogens with zero attached hydrogens (tertiary/aromatic N) is 1. The summed E-state index contributed by atoms with van der Waals surface area (Å²) < 4.78 is 0. The van der Waals surface area contributed by atoms with Crippen LogP contribution in [0.5, 0.6) is 0 Å². The molecule has 14 heavy (non-hydrogen) atoms. The van der Waals surface area contributed by atoms with E-state index in [2.05, 4.69) is 16.7 Å². The van der Waals surface area contributed by atoms with Gasteiger partial charge < -0.3 is 10.6 Å². The van der Waals surface area contributed by atoms with E-state index in [1.807, 2.05) is 0 Å². The summed E-state index contributed by atoms with van der Waals surface area (Å²) in [6.07, 6.45) is 5.77. The highest BCUT2D eigenvalue weighted by molar-refractivity contribution is 5.74. The van der Waals surface area contributed by atoms with Crippen LogP contribution in [0.3, 0.4) is 0 Å². The van der Waals surface area contributed by atoms with Gasteiger partial charge in [0.05, 0.1) is 6.07 Å². The van der Waals surface area contributed by atoms with Gasteiger partial charge in [0, 0.05) is 19.0 Å². The summed E-state index contributed by atoms with van der Waals surface area (Å²) >= 11 is 0. The number of rotatable bonds is 5. The van der Waals surface area contributed by atoms with Crippen LogP contribution in [-0.4, -0.2) is 18.6 Å². The molecular weight excluding hydrogens is 178 g/mol. The van der Waals surface area contributed by atoms with Gasteiger partial charge >= 0.3 is 6.03 Å². The molecule has 0 aliphatic heterocycles. The molecule has 2 amide bonds. The number of carbonyl (C=O) groups excluding carboxylic acids is 1. The second-order valence-electron chi connectivity index (χ2n) is 3.64. The molecule has 0 radical (unpaired) electrons. The molecule has 0 aromatic carbocycles. The van der Waals surface area contributed by atoms with Crippen LogP contribution < -0.4 is 10.6 Å². The van der Waals surface area contributed by atoms with Crippen LogP contribution >= 0.6 is 0 Å². The third-order valence-corrected chi connectivity index (χ3v) is 2.44. The van der Waals surface area contributed by atoms with Gasteiger partial charge in [0.2, 0.25) is 0 Å². The first-order valence-electron chi connectivity index (χ1n) is 5.24. The van der Waals surface area contributed by atoms with Crippen molar-refractivity contribution in [2.24, 2.45) is 0 Å². The Labute approximate surface area is 84.7 Å². The van der Waals surface area contributed by atoms with E-state index in [0.717, 1.165) is 25.7 Å². The molecule has 4 nitrogen and oxygen atoms in total. The Hall–Kier alpha value is -1.24. The van der Waals surface area contributed by atoms with Gasteiger partial charge in [0.15, 0.2) is 0 Å². The van der Waals surface area contributed by atoms with E-state index >= 15 is 0 Å². The molecule has 0 saturated heterocycles. The number of carbonyl (C=O) groups is 1. The van der Waals surface area contributed by atoms with Crippen molar-refractivity contribution in [3.63, 3.8) is 0 Å². The Kier molecular flexibility index (Phi) is 4.84. The van der Waals surface area contributed by atoms with Gasteiger partial charge in [0.1, 0.15) is 0 Å². The van der Waals surface area contributed by atoms with Gasteiger partial charge in [0.25, 0.3) is 0 Å². The molecule has 0 bridgehead atoms. The SMILES string of the molecule is N#CCCCCNC(=O)NC1CCC1. The van der Waals surface area contributed by atoms with Crippen LogP contribution in [0.25, 0.3) is 0 Å². The summed E-state index contributed by atoms with van der Waals surface area (Å²) in [6.45, 7) is 0.667. The highest BCUT2D eigenvalue weighted by Gasteiger charge is 2.18. The van der Waals surface area contributed by atoms with Crippen molar-refractivity contribution in [1.29, 1.82) is 5.26 Å². The van der Waals surface area contributed by atoms with Crippen molar-refractivity contribution in [2.45, 2.75) is 44.6 Å². The van der Waals surface area contributed by atoms with Gasteiger partial charge in [-0.15, -0.1) is 0 Å². The second kappa shape index (κ2) is 6.25. The van der Waals surface area contributed by atoms with Crippen LogP contribution in [0, 0.1) is 11.3 Å². The minimum Gasteiger partial charge on any atom is -0.338 e. The predicted octanol–water partition coefficient (Wildman–Crippen LogP) is 1.53. The molecule has 0 aromatic heterocycles. The highest BCUT2D eigenvalue weighted by atomic mass is 16.2. The van der Waals surface area contributed by atoms with Gasteiger partial charge in [-0.1, -0.05) is 0 Å². The van der Waals surface area contributed by atoms with Crippen molar-refractivity contribution in [3.05, 3.63) is 0 Å². The third kappa shape index (κ3) is 4.13. The molecule has 1 aliphatic carbocycles. The Balaban J connectivity index is 1.90. The quantitative estimate of drug-likeness (QED) is 0.653. The lowest BCUT2D eigenvalue weighted by atomic mass is 9.93. The lowest BCUT2D eigenvalue weighted by Crippen LogP contribution is -2.45. The number of urea groups is 1. The molecule has 0 aromatic rings. The second-order valence-corrected chi connectivity index (χ2v) is 3.64. The monoisotopic (exact) mass is 195 g/mol. The summed E-state index contributed by atoms with van der Waals surface area (Å²) in [5.74, 6) is 0. The van der Waals surface area contributed by atoms with E-state index in [9.17, 15) is 4.79 Å². The maximum atomic E-state index is 11.2. The topological polar surface area (TPSA) is 64.9 Å². The average Bonchev–Trinajstić information content (AvgIpc) is 2.11. The van der Waals surface area contributed by atoms with Gasteiger partial charge in [-0.3, -0.25) is 0 Å². The van der Waals surface area contributed by atoms with Crippen LogP contribution in [0.1, 0.15) is 38.5 Å². The Morgan fingerprint density at radius 1 is 1.43 bits per heavy atom. The summed E-state index contributed by atoms with van der Waals surface area (Å²) in [4.78, 5) is 11.2. The lowest BCUT2D eigenvalue weighted by Gasteiger charge is -2.26. The molecule has 0 unspecified atom stereocenters. The number of amides is 2. The molecule has 0 spiro atoms. The Morgan fingerprint density at radius 2 is 2.21 bits per heavy atom. The molecule has 1 rings (SSSR count). The zero-order valence-electron chi connectivity index (χ0n) is 8.38. The Morgan fingerprint density at radius 3 is 2.79 bits per heavy atom. The van der Waals surface area contributed by atoms with E-state index < -0.39 is 0 Å². The average molecular weight is 195 g/mol. The minimum absolute atomic E-state index is 0.0633. The van der Waals surface area contributed by atoms with Crippen LogP contribution in [-0.2, 0) is 0 Å². The number of nitriles is 1. The highest BCUT2D eigenvalue weighted by Crippen LogP contribution is 2.17. The maximum Gasteiger partial charge on any atom is 0.315 e. The number of hydrogen-bond acceptors (Lipinski definition) is 2. The molecule has 4 heteroatoms. The first-order valence-corrected chi connectivity index (χ1v) is 5.24. The maximum absolute atomic E-state index is 11.2. The van der Waals surface area contributed by atoms with Crippen LogP contribution in [0.4, 0.5) is 4.79 Å². The number of hydrogen-bond donors (Lipinski definition) is 2. The lowest BCUT2D eigenvalue weighted by molar-refractivity contribution is 0.228. The molecule has 78 valence electrons. The van der Waals surface area contributed by atoms with Crippen molar-refractivity contribution in [1.82, 2.24) is 10.6 Å². The van der Waals surface area contributed by atoms with Crippen LogP contribution in [0.15, 0.2) is 0 Å². The summed E-state index contributed by atoms with van der Waals surface area (Å²) in [5, 5.41) is 14.0. The molecular formula is C10H17N3O. The van der Waals surface area contributed by atoms with Crippen molar-refractivity contribution >= 4 is 6.03 Å². The standard InChI is InChI=1S/C10H17N3O/c11-7-2-1-3-8-12-10(14)13-9-5-4-6-9/h9H,1-6,8H2,(H2,12,13,14). The van der Waals surface area contributed by atoms with E-state index in [4.69, 9.17) is 5.26 Å². The van der Waals surface area contributed by atoms with Gasteiger partial charge in [-0.25, -0.2) is 4.79 Å². The first-order chi connectivity index (χ1) is 6.83. The fourth-order valence-electron chi connectivity index (χ4n) is 1.32. The summed E-state index contributed by atoms with van der Waals surface area (Å²) in [5.41, 5.74) is 0. The van der Waals surface area contributed by atoms with Crippen molar-refractivity contribution in [3.8, 4) is 6.07 Å². The van der Waals surface area contributed by atoms with Crippen molar-refractivity contribution in [2.75, 3.05) is 6.54 Å². The molecule has 2 N–H and O–H groups in total. The summed E-state index contributed by atoms with van der Waals surface area (Å²) in [6, 6.07) is 2.41. The van der Waals surface area contributed by atoms with Crippen LogP contribution in [0.2, 0.25) is 0 Å². The molecule has 1 saturated carbocycles. The normalized spacial score (nSPS) is 15.4. The first kappa shape index (κ1) is 10.8. The molecule has 0 atom stereocenters. The van der Waals surface area contributed by atoms with E-state index in [0.29, 0.717) is 19.0 Å². The van der Waals surface area contributed by atoms with Crippen molar-refractivity contribution < 1.29 is 4.79 Å². The van der Waals surface area contributed by atoms with E-state index in [-0.39, 0.29) is 6.03 Å².